The van der Waals surface area contributed by atoms with Crippen LogP contribution in [-0.4, -0.2) is 30.3 Å². The van der Waals surface area contributed by atoms with Crippen LogP contribution in [0.1, 0.15) is 50.0 Å². The van der Waals surface area contributed by atoms with E-state index in [4.69, 9.17) is 11.6 Å². The number of halogens is 1. The summed E-state index contributed by atoms with van der Waals surface area (Å²) >= 11 is 5.96. The van der Waals surface area contributed by atoms with Crippen LogP contribution in [0.5, 0.6) is 0 Å². The molecule has 3 heterocycles. The van der Waals surface area contributed by atoms with E-state index in [1.165, 1.54) is 10.9 Å². The molecule has 0 saturated heterocycles. The highest BCUT2D eigenvalue weighted by Gasteiger charge is 2.28. The normalized spacial score (nSPS) is 14.1. The monoisotopic (exact) mass is 386 g/mol. The summed E-state index contributed by atoms with van der Waals surface area (Å²) in [7, 11) is 0. The molecule has 8 nitrogen and oxygen atoms in total. The number of rotatable bonds is 5. The minimum atomic E-state index is -0.402. The van der Waals surface area contributed by atoms with Crippen molar-refractivity contribution in [1.29, 1.82) is 0 Å². The number of carbonyl (C=O) groups excluding carboxylic acids is 1. The molecular weight excluding hydrogens is 368 g/mol. The van der Waals surface area contributed by atoms with E-state index >= 15 is 0 Å². The summed E-state index contributed by atoms with van der Waals surface area (Å²) in [6.45, 7) is 3.74. The van der Waals surface area contributed by atoms with Crippen molar-refractivity contribution in [2.45, 2.75) is 45.1 Å². The maximum Gasteiger partial charge on any atom is 0.293 e. The van der Waals surface area contributed by atoms with E-state index in [-0.39, 0.29) is 23.2 Å². The molecule has 27 heavy (non-hydrogen) atoms. The van der Waals surface area contributed by atoms with Crippen molar-refractivity contribution in [1.82, 2.24) is 24.4 Å². The minimum Gasteiger partial charge on any atom is -0.322 e. The summed E-state index contributed by atoms with van der Waals surface area (Å²) in [4.78, 5) is 29.2. The lowest BCUT2D eigenvalue weighted by molar-refractivity contribution is -0.117. The maximum atomic E-state index is 12.8. The minimum absolute atomic E-state index is 0.0436. The topological polar surface area (TPSA) is 94.2 Å². The average molecular weight is 387 g/mol. The Labute approximate surface area is 160 Å². The van der Waals surface area contributed by atoms with Crippen LogP contribution in [0.2, 0.25) is 5.15 Å². The van der Waals surface area contributed by atoms with Crippen molar-refractivity contribution in [3.05, 3.63) is 51.4 Å². The fourth-order valence-electron chi connectivity index (χ4n) is 2.92. The van der Waals surface area contributed by atoms with Gasteiger partial charge in [0.25, 0.3) is 5.56 Å². The van der Waals surface area contributed by atoms with Crippen molar-refractivity contribution in [2.75, 3.05) is 5.32 Å². The van der Waals surface area contributed by atoms with Crippen LogP contribution < -0.4 is 10.9 Å². The summed E-state index contributed by atoms with van der Waals surface area (Å²) in [6, 6.07) is 5.13. The predicted octanol–water partition coefficient (Wildman–Crippen LogP) is 2.58. The zero-order chi connectivity index (χ0) is 19.1. The summed E-state index contributed by atoms with van der Waals surface area (Å²) < 4.78 is 2.80. The Kier molecular flexibility index (Phi) is 4.43. The lowest BCUT2D eigenvalue weighted by Gasteiger charge is -2.12. The fourth-order valence-corrected chi connectivity index (χ4v) is 3.09. The fraction of sp³-hybridized carbons (Fsp3) is 0.389. The number of hydrogen-bond donors (Lipinski definition) is 1. The molecule has 9 heteroatoms. The number of pyridine rings is 1. The van der Waals surface area contributed by atoms with E-state index < -0.39 is 5.91 Å². The van der Waals surface area contributed by atoms with Gasteiger partial charge in [-0.25, -0.2) is 14.2 Å². The van der Waals surface area contributed by atoms with E-state index in [0.717, 1.165) is 18.5 Å². The number of nitrogens with one attached hydrogen (secondary N) is 1. The van der Waals surface area contributed by atoms with E-state index in [2.05, 4.69) is 20.5 Å². The van der Waals surface area contributed by atoms with E-state index in [9.17, 15) is 9.59 Å². The highest BCUT2D eigenvalue weighted by Crippen LogP contribution is 2.39. The van der Waals surface area contributed by atoms with Gasteiger partial charge in [-0.05, 0) is 31.0 Å². The molecule has 0 aliphatic heterocycles. The van der Waals surface area contributed by atoms with Gasteiger partial charge in [0, 0.05) is 18.0 Å². The van der Waals surface area contributed by atoms with Crippen molar-refractivity contribution >= 4 is 28.7 Å². The molecule has 1 aliphatic rings. The second-order valence-corrected chi connectivity index (χ2v) is 7.36. The number of fused-ring (bicyclic) bond motifs is 1. The molecule has 1 saturated carbocycles. The Balaban J connectivity index is 1.68. The smallest absolute Gasteiger partial charge is 0.293 e. The average Bonchev–Trinajstić information content (AvgIpc) is 3.38. The molecule has 0 atom stereocenters. The molecule has 0 unspecified atom stereocenters. The zero-order valence-corrected chi connectivity index (χ0v) is 15.8. The molecular formula is C18H19ClN6O2. The highest BCUT2D eigenvalue weighted by atomic mass is 35.5. The molecule has 0 spiro atoms. The number of anilines is 1. The Morgan fingerprint density at radius 2 is 2.15 bits per heavy atom. The van der Waals surface area contributed by atoms with Gasteiger partial charge < -0.3 is 5.32 Å². The first-order chi connectivity index (χ1) is 12.9. The van der Waals surface area contributed by atoms with Crippen LogP contribution in [0.4, 0.5) is 5.69 Å². The van der Waals surface area contributed by atoms with Gasteiger partial charge in [0.2, 0.25) is 5.91 Å². The standard InChI is InChI=1S/C18H19ClN6O2/c1-10(2)17-23-24(9-15(26)21-12-4-3-7-20-16(12)19)18(27)14-8-13(11-5-6-11)22-25(14)17/h3-4,7-8,10-11H,5-6,9H2,1-2H3,(H,21,26). The number of aromatic nitrogens is 5. The second-order valence-electron chi connectivity index (χ2n) is 7.01. The van der Waals surface area contributed by atoms with Crippen LogP contribution in [0.3, 0.4) is 0 Å². The molecule has 0 bridgehead atoms. The number of hydrogen-bond acceptors (Lipinski definition) is 5. The Hall–Kier alpha value is -2.74. The summed E-state index contributed by atoms with van der Waals surface area (Å²) in [6.07, 6.45) is 3.72. The van der Waals surface area contributed by atoms with Gasteiger partial charge in [0.15, 0.2) is 11.0 Å². The van der Waals surface area contributed by atoms with Crippen molar-refractivity contribution in [3.8, 4) is 0 Å². The van der Waals surface area contributed by atoms with Crippen LogP contribution in [-0.2, 0) is 11.3 Å². The zero-order valence-electron chi connectivity index (χ0n) is 15.0. The van der Waals surface area contributed by atoms with Crippen molar-refractivity contribution < 1.29 is 4.79 Å². The molecule has 140 valence electrons. The van der Waals surface area contributed by atoms with Gasteiger partial charge >= 0.3 is 0 Å². The first kappa shape index (κ1) is 17.7. The van der Waals surface area contributed by atoms with E-state index in [1.807, 2.05) is 19.9 Å². The summed E-state index contributed by atoms with van der Waals surface area (Å²) in [5.41, 5.74) is 1.41. The third-order valence-electron chi connectivity index (χ3n) is 4.46. The lowest BCUT2D eigenvalue weighted by atomic mass is 10.2. The molecule has 0 aromatic carbocycles. The van der Waals surface area contributed by atoms with Crippen LogP contribution in [0.15, 0.2) is 29.2 Å². The Bertz CT molecular complexity index is 1080. The van der Waals surface area contributed by atoms with Gasteiger partial charge in [-0.1, -0.05) is 25.4 Å². The van der Waals surface area contributed by atoms with E-state index in [0.29, 0.717) is 22.9 Å². The number of amides is 1. The van der Waals surface area contributed by atoms with Crippen molar-refractivity contribution in [3.63, 3.8) is 0 Å². The SMILES string of the molecule is CC(C)c1nn(CC(=O)Nc2cccnc2Cl)c(=O)c2cc(C3CC3)nn12. The second kappa shape index (κ2) is 6.77. The largest absolute Gasteiger partial charge is 0.322 e. The molecule has 3 aromatic rings. The maximum absolute atomic E-state index is 12.8. The predicted molar refractivity (Wildman–Crippen MR) is 101 cm³/mol. The molecule has 1 amide bonds. The summed E-state index contributed by atoms with van der Waals surface area (Å²) in [5, 5.41) is 11.8. The molecule has 1 N–H and O–H groups in total. The third kappa shape index (κ3) is 3.44. The first-order valence-corrected chi connectivity index (χ1v) is 9.23. The van der Waals surface area contributed by atoms with Gasteiger partial charge in [-0.3, -0.25) is 9.59 Å². The molecule has 1 aliphatic carbocycles. The molecule has 0 radical (unpaired) electrons. The molecule has 3 aromatic heterocycles. The quantitative estimate of drug-likeness (QED) is 0.680. The first-order valence-electron chi connectivity index (χ1n) is 8.85. The molecule has 1 fully saturated rings. The van der Waals surface area contributed by atoms with Gasteiger partial charge in [0.05, 0.1) is 11.4 Å². The van der Waals surface area contributed by atoms with Crippen LogP contribution in [0.25, 0.3) is 5.52 Å². The van der Waals surface area contributed by atoms with Gasteiger partial charge in [0.1, 0.15) is 12.1 Å². The van der Waals surface area contributed by atoms with Gasteiger partial charge in [-0.15, -0.1) is 0 Å². The number of carbonyl (C=O) groups is 1. The van der Waals surface area contributed by atoms with Gasteiger partial charge in [-0.2, -0.15) is 10.2 Å². The lowest BCUT2D eigenvalue weighted by Crippen LogP contribution is -2.32. The number of nitrogens with zero attached hydrogens (tertiary/aromatic N) is 5. The molecule has 4 rings (SSSR count). The van der Waals surface area contributed by atoms with E-state index in [1.54, 1.807) is 16.6 Å². The van der Waals surface area contributed by atoms with Crippen molar-refractivity contribution in [2.24, 2.45) is 0 Å². The Morgan fingerprint density at radius 3 is 2.81 bits per heavy atom. The third-order valence-corrected chi connectivity index (χ3v) is 4.76. The van der Waals surface area contributed by atoms with Crippen LogP contribution >= 0.6 is 11.6 Å². The van der Waals surface area contributed by atoms with Crippen LogP contribution in [0, 0.1) is 0 Å². The Morgan fingerprint density at radius 1 is 1.37 bits per heavy atom. The summed E-state index contributed by atoms with van der Waals surface area (Å²) in [5.74, 6) is 0.708. The highest BCUT2D eigenvalue weighted by molar-refractivity contribution is 6.32.